The highest BCUT2D eigenvalue weighted by atomic mass is 35.5. The van der Waals surface area contributed by atoms with Gasteiger partial charge in [0.1, 0.15) is 5.01 Å². The summed E-state index contributed by atoms with van der Waals surface area (Å²) in [5.41, 5.74) is 3.66. The van der Waals surface area contributed by atoms with E-state index < -0.39 is 0 Å². The van der Waals surface area contributed by atoms with E-state index in [0.29, 0.717) is 17.1 Å². The van der Waals surface area contributed by atoms with E-state index in [0.717, 1.165) is 48.3 Å². The van der Waals surface area contributed by atoms with Crippen molar-refractivity contribution in [3.05, 3.63) is 69.5 Å². The molecule has 0 aliphatic carbocycles. The molecule has 1 fully saturated rings. The highest BCUT2D eigenvalue weighted by molar-refractivity contribution is 7.09. The lowest BCUT2D eigenvalue weighted by atomic mass is 10.1. The van der Waals surface area contributed by atoms with Gasteiger partial charge < -0.3 is 15.0 Å². The second kappa shape index (κ2) is 8.73. The zero-order valence-electron chi connectivity index (χ0n) is 15.2. The number of carbonyl (C=O) groups excluding carboxylic acids is 1. The Labute approximate surface area is 172 Å². The van der Waals surface area contributed by atoms with Crippen LogP contribution in [0.2, 0.25) is 5.02 Å². The molecule has 28 heavy (non-hydrogen) atoms. The fourth-order valence-electron chi connectivity index (χ4n) is 3.05. The minimum absolute atomic E-state index is 0.100. The highest BCUT2D eigenvalue weighted by Crippen LogP contribution is 2.23. The van der Waals surface area contributed by atoms with Gasteiger partial charge in [0.05, 0.1) is 25.5 Å². The number of hydrogen-bond acceptors (Lipinski definition) is 5. The van der Waals surface area contributed by atoms with Crippen molar-refractivity contribution in [1.82, 2.24) is 10.3 Å². The number of nitrogens with zero attached hydrogens (tertiary/aromatic N) is 2. The van der Waals surface area contributed by atoms with E-state index in [-0.39, 0.29) is 5.91 Å². The van der Waals surface area contributed by atoms with Crippen LogP contribution in [0.5, 0.6) is 0 Å². The van der Waals surface area contributed by atoms with E-state index in [9.17, 15) is 4.79 Å². The number of benzene rings is 2. The number of thiazole rings is 1. The molecule has 0 bridgehead atoms. The smallest absolute Gasteiger partial charge is 0.251 e. The van der Waals surface area contributed by atoms with E-state index in [1.807, 2.05) is 53.9 Å². The van der Waals surface area contributed by atoms with Crippen molar-refractivity contribution in [2.75, 3.05) is 31.2 Å². The summed E-state index contributed by atoms with van der Waals surface area (Å²) in [7, 11) is 0. The Kier molecular flexibility index (Phi) is 5.90. The lowest BCUT2D eigenvalue weighted by Crippen LogP contribution is -2.36. The van der Waals surface area contributed by atoms with Crippen LogP contribution in [0.4, 0.5) is 5.69 Å². The first-order valence-electron chi connectivity index (χ1n) is 9.10. The summed E-state index contributed by atoms with van der Waals surface area (Å²) >= 11 is 7.46. The number of halogens is 1. The number of ether oxygens (including phenoxy) is 1. The van der Waals surface area contributed by atoms with Crippen molar-refractivity contribution in [3.8, 4) is 11.3 Å². The number of nitrogens with one attached hydrogen (secondary N) is 1. The van der Waals surface area contributed by atoms with Crippen LogP contribution in [0.15, 0.2) is 53.9 Å². The topological polar surface area (TPSA) is 54.5 Å². The van der Waals surface area contributed by atoms with E-state index in [1.54, 1.807) is 0 Å². The van der Waals surface area contributed by atoms with Gasteiger partial charge in [0.15, 0.2) is 0 Å². The fourth-order valence-corrected chi connectivity index (χ4v) is 3.92. The minimum Gasteiger partial charge on any atom is -0.378 e. The van der Waals surface area contributed by atoms with Crippen molar-refractivity contribution in [1.29, 1.82) is 0 Å². The van der Waals surface area contributed by atoms with E-state index >= 15 is 0 Å². The summed E-state index contributed by atoms with van der Waals surface area (Å²) in [6, 6.07) is 15.3. The van der Waals surface area contributed by atoms with Crippen molar-refractivity contribution in [2.24, 2.45) is 0 Å². The zero-order valence-corrected chi connectivity index (χ0v) is 16.8. The predicted molar refractivity (Wildman–Crippen MR) is 113 cm³/mol. The lowest BCUT2D eigenvalue weighted by Gasteiger charge is -2.28. The third-order valence-corrected chi connectivity index (χ3v) is 5.70. The predicted octanol–water partition coefficient (Wildman–Crippen LogP) is 4.23. The molecular weight excluding hydrogens is 394 g/mol. The number of carbonyl (C=O) groups is 1. The maximum absolute atomic E-state index is 12.4. The second-order valence-corrected chi connectivity index (χ2v) is 7.84. The van der Waals surface area contributed by atoms with Gasteiger partial charge in [-0.05, 0) is 36.4 Å². The van der Waals surface area contributed by atoms with Crippen LogP contribution in [0.3, 0.4) is 0 Å². The Hall–Kier alpha value is -2.41. The average molecular weight is 414 g/mol. The molecule has 0 spiro atoms. The largest absolute Gasteiger partial charge is 0.378 e. The van der Waals surface area contributed by atoms with Crippen molar-refractivity contribution < 1.29 is 9.53 Å². The van der Waals surface area contributed by atoms with Gasteiger partial charge in [-0.25, -0.2) is 4.98 Å². The molecule has 1 aromatic heterocycles. The molecule has 0 unspecified atom stereocenters. The molecular formula is C21H20ClN3O2S. The Morgan fingerprint density at radius 2 is 1.82 bits per heavy atom. The Morgan fingerprint density at radius 3 is 2.54 bits per heavy atom. The standard InChI is InChI=1S/C21H20ClN3O2S/c22-17-5-1-15(2-6-17)19-14-28-20(24-19)13-23-21(26)16-3-7-18(8-4-16)25-9-11-27-12-10-25/h1-8,14H,9-13H2,(H,23,26). The normalized spacial score (nSPS) is 14.1. The fraction of sp³-hybridized carbons (Fsp3) is 0.238. The SMILES string of the molecule is O=C(NCc1nc(-c2ccc(Cl)cc2)cs1)c1ccc(N2CCOCC2)cc1. The van der Waals surface area contributed by atoms with Crippen molar-refractivity contribution in [3.63, 3.8) is 0 Å². The van der Waals surface area contributed by atoms with E-state index in [4.69, 9.17) is 16.3 Å². The molecule has 2 heterocycles. The van der Waals surface area contributed by atoms with Crippen molar-refractivity contribution >= 4 is 34.5 Å². The molecule has 0 atom stereocenters. The van der Waals surface area contributed by atoms with Crippen LogP contribution in [0, 0.1) is 0 Å². The maximum Gasteiger partial charge on any atom is 0.251 e. The van der Waals surface area contributed by atoms with E-state index in [2.05, 4.69) is 15.2 Å². The van der Waals surface area contributed by atoms with E-state index in [1.165, 1.54) is 11.3 Å². The van der Waals surface area contributed by atoms with Gasteiger partial charge >= 0.3 is 0 Å². The molecule has 4 rings (SSSR count). The minimum atomic E-state index is -0.100. The molecule has 3 aromatic rings. The number of amides is 1. The molecule has 2 aromatic carbocycles. The molecule has 5 nitrogen and oxygen atoms in total. The van der Waals surface area contributed by atoms with Crippen LogP contribution in [-0.4, -0.2) is 37.2 Å². The van der Waals surface area contributed by atoms with Gasteiger partial charge in [-0.1, -0.05) is 23.7 Å². The lowest BCUT2D eigenvalue weighted by molar-refractivity contribution is 0.0951. The summed E-state index contributed by atoms with van der Waals surface area (Å²) in [4.78, 5) is 19.3. The third kappa shape index (κ3) is 4.52. The Bertz CT molecular complexity index is 935. The summed E-state index contributed by atoms with van der Waals surface area (Å²) in [6.45, 7) is 3.65. The zero-order chi connectivity index (χ0) is 19.3. The Morgan fingerprint density at radius 1 is 1.11 bits per heavy atom. The van der Waals surface area contributed by atoms with Gasteiger partial charge in [0.25, 0.3) is 5.91 Å². The van der Waals surface area contributed by atoms with Crippen LogP contribution in [-0.2, 0) is 11.3 Å². The molecule has 0 radical (unpaired) electrons. The maximum atomic E-state index is 12.4. The number of rotatable bonds is 5. The summed E-state index contributed by atoms with van der Waals surface area (Å²) in [6.07, 6.45) is 0. The van der Waals surface area contributed by atoms with Gasteiger partial charge in [-0.3, -0.25) is 4.79 Å². The van der Waals surface area contributed by atoms with Crippen molar-refractivity contribution in [2.45, 2.75) is 6.54 Å². The second-order valence-electron chi connectivity index (χ2n) is 6.46. The monoisotopic (exact) mass is 413 g/mol. The number of aromatic nitrogens is 1. The average Bonchev–Trinajstić information content (AvgIpc) is 3.22. The van der Waals surface area contributed by atoms with Crippen LogP contribution >= 0.6 is 22.9 Å². The summed E-state index contributed by atoms with van der Waals surface area (Å²) in [5, 5.41) is 6.49. The number of hydrogen-bond donors (Lipinski definition) is 1. The first-order chi connectivity index (χ1) is 13.7. The van der Waals surface area contributed by atoms with Gasteiger partial charge in [0.2, 0.25) is 0 Å². The molecule has 1 saturated heterocycles. The molecule has 144 valence electrons. The molecule has 1 aliphatic heterocycles. The quantitative estimate of drug-likeness (QED) is 0.680. The molecule has 1 aliphatic rings. The molecule has 0 saturated carbocycles. The molecule has 1 amide bonds. The first-order valence-corrected chi connectivity index (χ1v) is 10.4. The molecule has 7 heteroatoms. The van der Waals surface area contributed by atoms with Crippen LogP contribution in [0.1, 0.15) is 15.4 Å². The number of morpholine rings is 1. The molecule has 1 N–H and O–H groups in total. The first kappa shape index (κ1) is 18.9. The van der Waals surface area contributed by atoms with Gasteiger partial charge in [0, 0.05) is 40.3 Å². The van der Waals surface area contributed by atoms with Crippen LogP contribution in [0.25, 0.3) is 11.3 Å². The van der Waals surface area contributed by atoms with Crippen LogP contribution < -0.4 is 10.2 Å². The third-order valence-electron chi connectivity index (χ3n) is 4.60. The summed E-state index contributed by atoms with van der Waals surface area (Å²) < 4.78 is 5.38. The highest BCUT2D eigenvalue weighted by Gasteiger charge is 2.13. The summed E-state index contributed by atoms with van der Waals surface area (Å²) in [5.74, 6) is -0.100. The number of anilines is 1. The Balaban J connectivity index is 1.34. The van der Waals surface area contributed by atoms with Gasteiger partial charge in [-0.2, -0.15) is 0 Å². The van der Waals surface area contributed by atoms with Gasteiger partial charge in [-0.15, -0.1) is 11.3 Å².